The zero-order chi connectivity index (χ0) is 21.1. The van der Waals surface area contributed by atoms with Gasteiger partial charge < -0.3 is 15.4 Å². The minimum Gasteiger partial charge on any atom is -0.383 e. The zero-order valence-electron chi connectivity index (χ0n) is 16.9. The molecule has 1 fully saturated rings. The van der Waals surface area contributed by atoms with Crippen LogP contribution in [0.3, 0.4) is 0 Å². The summed E-state index contributed by atoms with van der Waals surface area (Å²) in [7, 11) is 2.10. The van der Waals surface area contributed by atoms with Crippen molar-refractivity contribution in [3.05, 3.63) is 59.9 Å². The fraction of sp³-hybridized carbons (Fsp3) is 0.333. The first-order valence-electron chi connectivity index (χ1n) is 9.75. The number of rotatable bonds is 6. The molecule has 1 atom stereocenters. The first-order valence-corrected chi connectivity index (χ1v) is 9.75. The van der Waals surface area contributed by atoms with E-state index in [4.69, 9.17) is 4.74 Å². The van der Waals surface area contributed by atoms with Gasteiger partial charge >= 0.3 is 0 Å². The van der Waals surface area contributed by atoms with Gasteiger partial charge in [-0.2, -0.15) is 4.98 Å². The molecule has 30 heavy (non-hydrogen) atoms. The van der Waals surface area contributed by atoms with Gasteiger partial charge in [0, 0.05) is 30.5 Å². The smallest absolute Gasteiger partial charge is 0.246 e. The van der Waals surface area contributed by atoms with Crippen molar-refractivity contribution in [2.24, 2.45) is 0 Å². The zero-order valence-corrected chi connectivity index (χ0v) is 16.9. The quantitative estimate of drug-likeness (QED) is 0.645. The summed E-state index contributed by atoms with van der Waals surface area (Å²) in [5.41, 5.74) is 3.12. The molecule has 3 aromatic rings. The Morgan fingerprint density at radius 2 is 1.87 bits per heavy atom. The van der Waals surface area contributed by atoms with Crippen LogP contribution in [0.5, 0.6) is 0 Å². The van der Waals surface area contributed by atoms with E-state index < -0.39 is 11.6 Å². The number of nitrogens with zero attached hydrogens (tertiary/aromatic N) is 4. The van der Waals surface area contributed by atoms with Crippen molar-refractivity contribution in [3.8, 4) is 5.69 Å². The average molecular weight is 414 g/mol. The van der Waals surface area contributed by atoms with Crippen LogP contribution < -0.4 is 10.6 Å². The molecule has 9 heteroatoms. The molecule has 158 valence electrons. The second-order valence-electron chi connectivity index (χ2n) is 7.44. The lowest BCUT2D eigenvalue weighted by Gasteiger charge is -2.32. The predicted molar refractivity (Wildman–Crippen MR) is 111 cm³/mol. The lowest BCUT2D eigenvalue weighted by molar-refractivity contribution is 0.0110. The topological polar surface area (TPSA) is 67.2 Å². The van der Waals surface area contributed by atoms with Crippen LogP contribution in [0.2, 0.25) is 0 Å². The molecular formula is C21H24F2N6O. The summed E-state index contributed by atoms with van der Waals surface area (Å²) in [6, 6.07) is 9.54. The molecule has 0 bridgehead atoms. The molecule has 0 spiro atoms. The number of halogens is 2. The van der Waals surface area contributed by atoms with Gasteiger partial charge in [0.2, 0.25) is 5.95 Å². The molecule has 2 aromatic carbocycles. The Bertz CT molecular complexity index is 1000. The van der Waals surface area contributed by atoms with Crippen LogP contribution in [0.15, 0.2) is 42.7 Å². The molecule has 1 aliphatic heterocycles. The first-order chi connectivity index (χ1) is 14.5. The molecule has 0 amide bonds. The van der Waals surface area contributed by atoms with E-state index in [-0.39, 0.29) is 5.69 Å². The van der Waals surface area contributed by atoms with Crippen molar-refractivity contribution in [3.63, 3.8) is 0 Å². The monoisotopic (exact) mass is 414 g/mol. The number of benzene rings is 2. The van der Waals surface area contributed by atoms with E-state index in [1.54, 1.807) is 0 Å². The van der Waals surface area contributed by atoms with Crippen LogP contribution in [0.25, 0.3) is 5.69 Å². The lowest BCUT2D eigenvalue weighted by atomic mass is 10.1. The molecule has 2 heterocycles. The fourth-order valence-corrected chi connectivity index (χ4v) is 3.39. The van der Waals surface area contributed by atoms with Gasteiger partial charge in [-0.3, -0.25) is 4.90 Å². The molecule has 1 aromatic heterocycles. The van der Waals surface area contributed by atoms with Gasteiger partial charge in [0.05, 0.1) is 24.9 Å². The molecule has 7 nitrogen and oxygen atoms in total. The number of aromatic nitrogens is 3. The van der Waals surface area contributed by atoms with Crippen molar-refractivity contribution in [1.82, 2.24) is 19.7 Å². The number of hydrogen-bond donors (Lipinski definition) is 2. The molecule has 0 aliphatic carbocycles. The van der Waals surface area contributed by atoms with Crippen LogP contribution in [-0.4, -0.2) is 59.1 Å². The molecule has 1 aliphatic rings. The normalized spacial score (nSPS) is 17.1. The Morgan fingerprint density at radius 1 is 1.10 bits per heavy atom. The van der Waals surface area contributed by atoms with Gasteiger partial charge in [0.1, 0.15) is 18.0 Å². The van der Waals surface area contributed by atoms with Crippen molar-refractivity contribution in [2.75, 3.05) is 44.0 Å². The van der Waals surface area contributed by atoms with Crippen LogP contribution in [0, 0.1) is 18.6 Å². The number of ether oxygens (including phenoxy) is 1. The number of anilines is 3. The predicted octanol–water partition coefficient (Wildman–Crippen LogP) is 3.34. The molecule has 4 rings (SSSR count). The first kappa shape index (κ1) is 20.2. The van der Waals surface area contributed by atoms with E-state index in [0.29, 0.717) is 18.6 Å². The van der Waals surface area contributed by atoms with E-state index in [0.717, 1.165) is 42.7 Å². The van der Waals surface area contributed by atoms with Crippen molar-refractivity contribution < 1.29 is 13.5 Å². The van der Waals surface area contributed by atoms with E-state index >= 15 is 0 Å². The number of likely N-dealkylation sites (N-methyl/N-ethyl adjacent to an activating group) is 1. The third-order valence-electron chi connectivity index (χ3n) is 5.00. The Labute approximate surface area is 173 Å². The Balaban J connectivity index is 1.45. The summed E-state index contributed by atoms with van der Waals surface area (Å²) >= 11 is 0. The largest absolute Gasteiger partial charge is 0.383 e. The van der Waals surface area contributed by atoms with E-state index in [2.05, 4.69) is 38.7 Å². The number of hydrogen-bond acceptors (Lipinski definition) is 6. The van der Waals surface area contributed by atoms with Gasteiger partial charge in [0.25, 0.3) is 0 Å². The lowest BCUT2D eigenvalue weighted by Crippen LogP contribution is -2.46. The van der Waals surface area contributed by atoms with Crippen LogP contribution in [-0.2, 0) is 4.74 Å². The molecule has 2 N–H and O–H groups in total. The van der Waals surface area contributed by atoms with E-state index in [1.165, 1.54) is 23.1 Å². The highest BCUT2D eigenvalue weighted by molar-refractivity contribution is 5.63. The summed E-state index contributed by atoms with van der Waals surface area (Å²) in [6.45, 7) is 5.19. The minimum absolute atomic E-state index is 0.262. The molecule has 1 unspecified atom stereocenters. The van der Waals surface area contributed by atoms with Crippen molar-refractivity contribution in [1.29, 1.82) is 0 Å². The number of aryl methyl sites for hydroxylation is 1. The summed E-state index contributed by atoms with van der Waals surface area (Å²) in [4.78, 5) is 6.48. The van der Waals surface area contributed by atoms with Gasteiger partial charge in [-0.05, 0) is 49.9 Å². The van der Waals surface area contributed by atoms with Crippen LogP contribution >= 0.6 is 0 Å². The Hall–Kier alpha value is -3.04. The summed E-state index contributed by atoms with van der Waals surface area (Å²) in [6.07, 6.45) is 1.41. The Morgan fingerprint density at radius 3 is 2.63 bits per heavy atom. The average Bonchev–Trinajstić information content (AvgIpc) is 3.15. The maximum Gasteiger partial charge on any atom is 0.246 e. The second-order valence-corrected chi connectivity index (χ2v) is 7.44. The Kier molecular flexibility index (Phi) is 5.91. The van der Waals surface area contributed by atoms with Crippen molar-refractivity contribution in [2.45, 2.75) is 13.0 Å². The third kappa shape index (κ3) is 4.92. The van der Waals surface area contributed by atoms with E-state index in [9.17, 15) is 8.78 Å². The highest BCUT2D eigenvalue weighted by atomic mass is 19.1. The SMILES string of the molecule is Cc1cc(NCC2COCCN2C)cc(Nc2ncn(-c3cc(F)cc(F)c3)n2)c1. The number of nitrogens with one attached hydrogen (secondary N) is 2. The van der Waals surface area contributed by atoms with Crippen LogP contribution in [0.1, 0.15) is 5.56 Å². The third-order valence-corrected chi connectivity index (χ3v) is 5.00. The summed E-state index contributed by atoms with van der Waals surface area (Å²) in [5, 5.41) is 10.9. The van der Waals surface area contributed by atoms with Crippen molar-refractivity contribution >= 4 is 17.3 Å². The molecule has 1 saturated heterocycles. The summed E-state index contributed by atoms with van der Waals surface area (Å²) < 4.78 is 33.8. The molecule has 0 radical (unpaired) electrons. The standard InChI is InChI=1S/C21H24F2N6O/c1-14-5-17(24-11-20-12-30-4-3-28(20)2)10-18(6-14)26-21-25-13-29(27-21)19-8-15(22)7-16(23)9-19/h5-10,13,20,24H,3-4,11-12H2,1-2H3,(H,26,27). The van der Waals surface area contributed by atoms with Gasteiger partial charge in [-0.1, -0.05) is 0 Å². The highest BCUT2D eigenvalue weighted by Crippen LogP contribution is 2.22. The highest BCUT2D eigenvalue weighted by Gasteiger charge is 2.19. The second kappa shape index (κ2) is 8.76. The van der Waals surface area contributed by atoms with E-state index in [1.807, 2.05) is 19.1 Å². The fourth-order valence-electron chi connectivity index (χ4n) is 3.39. The van der Waals surface area contributed by atoms with Gasteiger partial charge in [-0.25, -0.2) is 13.5 Å². The maximum atomic E-state index is 13.5. The molecule has 0 saturated carbocycles. The molecular weight excluding hydrogens is 390 g/mol. The maximum absolute atomic E-state index is 13.5. The summed E-state index contributed by atoms with van der Waals surface area (Å²) in [5.74, 6) is -1.01. The van der Waals surface area contributed by atoms with Crippen LogP contribution in [0.4, 0.5) is 26.1 Å². The number of morpholine rings is 1. The van der Waals surface area contributed by atoms with Gasteiger partial charge in [-0.15, -0.1) is 5.10 Å². The minimum atomic E-state index is -0.668. The van der Waals surface area contributed by atoms with Gasteiger partial charge in [0.15, 0.2) is 0 Å².